The molecule has 0 bridgehead atoms. The summed E-state index contributed by atoms with van der Waals surface area (Å²) in [5, 5.41) is 3.41. The van der Waals surface area contributed by atoms with Gasteiger partial charge in [-0.2, -0.15) is 0 Å². The molecule has 0 radical (unpaired) electrons. The smallest absolute Gasteiger partial charge is 0.253 e. The Morgan fingerprint density at radius 1 is 1.16 bits per heavy atom. The maximum absolute atomic E-state index is 12.5. The number of hydrogen-bond donors (Lipinski definition) is 1. The molecule has 1 aromatic rings. The third-order valence-electron chi connectivity index (χ3n) is 4.69. The zero-order valence-corrected chi connectivity index (χ0v) is 11.6. The van der Waals surface area contributed by atoms with Gasteiger partial charge >= 0.3 is 0 Å². The van der Waals surface area contributed by atoms with E-state index < -0.39 is 0 Å². The van der Waals surface area contributed by atoms with Crippen LogP contribution >= 0.6 is 0 Å². The number of nitrogens with one attached hydrogen (secondary N) is 1. The van der Waals surface area contributed by atoms with E-state index in [9.17, 15) is 4.79 Å². The quantitative estimate of drug-likeness (QED) is 0.837. The van der Waals surface area contributed by atoms with Crippen molar-refractivity contribution in [3.8, 4) is 0 Å². The monoisotopic (exact) mass is 258 g/mol. The highest BCUT2D eigenvalue weighted by atomic mass is 16.2. The first-order chi connectivity index (χ1) is 9.19. The molecule has 2 saturated heterocycles. The normalized spacial score (nSPS) is 21.8. The summed E-state index contributed by atoms with van der Waals surface area (Å²) < 4.78 is 0. The van der Waals surface area contributed by atoms with E-state index in [1.165, 1.54) is 24.8 Å². The van der Waals surface area contributed by atoms with Gasteiger partial charge < -0.3 is 10.2 Å². The fourth-order valence-electron chi connectivity index (χ4n) is 3.35. The molecule has 2 fully saturated rings. The zero-order chi connectivity index (χ0) is 13.3. The highest BCUT2D eigenvalue weighted by molar-refractivity contribution is 5.94. The number of amides is 1. The molecule has 2 aliphatic heterocycles. The van der Waals surface area contributed by atoms with Gasteiger partial charge in [-0.25, -0.2) is 0 Å². The number of piperidine rings is 1. The lowest BCUT2D eigenvalue weighted by molar-refractivity contribution is 0.0762. The molecule has 0 aromatic heterocycles. The molecule has 1 N–H and O–H groups in total. The van der Waals surface area contributed by atoms with Gasteiger partial charge in [-0.15, -0.1) is 0 Å². The van der Waals surface area contributed by atoms with Crippen molar-refractivity contribution in [2.45, 2.75) is 26.2 Å². The maximum atomic E-state index is 12.5. The summed E-state index contributed by atoms with van der Waals surface area (Å²) >= 11 is 0. The van der Waals surface area contributed by atoms with Crippen LogP contribution in [0.4, 0.5) is 0 Å². The molecule has 0 aliphatic carbocycles. The predicted octanol–water partition coefficient (Wildman–Crippen LogP) is 2.21. The van der Waals surface area contributed by atoms with Crippen molar-refractivity contribution in [3.05, 3.63) is 35.4 Å². The summed E-state index contributed by atoms with van der Waals surface area (Å²) in [5.74, 6) is 0.204. The van der Waals surface area contributed by atoms with Crippen LogP contribution in [0.1, 0.15) is 35.2 Å². The fourth-order valence-corrected chi connectivity index (χ4v) is 3.35. The van der Waals surface area contributed by atoms with E-state index in [4.69, 9.17) is 0 Å². The van der Waals surface area contributed by atoms with Gasteiger partial charge in [0.05, 0.1) is 0 Å². The zero-order valence-electron chi connectivity index (χ0n) is 11.6. The molecule has 3 heteroatoms. The van der Waals surface area contributed by atoms with Gasteiger partial charge in [0, 0.05) is 18.7 Å². The van der Waals surface area contributed by atoms with Crippen LogP contribution in [0.5, 0.6) is 0 Å². The molecule has 102 valence electrons. The minimum atomic E-state index is 0.204. The van der Waals surface area contributed by atoms with Crippen LogP contribution in [0.3, 0.4) is 0 Å². The molecule has 3 nitrogen and oxygen atoms in total. The summed E-state index contributed by atoms with van der Waals surface area (Å²) in [6.45, 7) is 6.13. The minimum absolute atomic E-state index is 0.204. The molecule has 1 amide bonds. The molecular formula is C16H22N2O. The Hall–Kier alpha value is -1.35. The summed E-state index contributed by atoms with van der Waals surface area (Å²) in [6.07, 6.45) is 3.60. The number of carbonyl (C=O) groups is 1. The van der Waals surface area contributed by atoms with Gasteiger partial charge in [0.1, 0.15) is 0 Å². The third-order valence-corrected chi connectivity index (χ3v) is 4.69. The maximum Gasteiger partial charge on any atom is 0.253 e. The van der Waals surface area contributed by atoms with Crippen LogP contribution in [0, 0.1) is 12.3 Å². The first kappa shape index (κ1) is 12.7. The SMILES string of the molecule is Cc1ccc(C(=O)N2CCC3(CCNCC3)C2)cc1. The number of nitrogens with zero attached hydrogens (tertiary/aromatic N) is 1. The van der Waals surface area contributed by atoms with Crippen molar-refractivity contribution in [2.75, 3.05) is 26.2 Å². The van der Waals surface area contributed by atoms with Gasteiger partial charge in [0.15, 0.2) is 0 Å². The van der Waals surface area contributed by atoms with E-state index in [2.05, 4.69) is 10.2 Å². The minimum Gasteiger partial charge on any atom is -0.338 e. The van der Waals surface area contributed by atoms with Crippen molar-refractivity contribution in [2.24, 2.45) is 5.41 Å². The van der Waals surface area contributed by atoms with Crippen molar-refractivity contribution in [1.29, 1.82) is 0 Å². The fraction of sp³-hybridized carbons (Fsp3) is 0.562. The highest BCUT2D eigenvalue weighted by Crippen LogP contribution is 2.38. The first-order valence-electron chi connectivity index (χ1n) is 7.25. The summed E-state index contributed by atoms with van der Waals surface area (Å²) in [5.41, 5.74) is 2.43. The molecular weight excluding hydrogens is 236 g/mol. The summed E-state index contributed by atoms with van der Waals surface area (Å²) in [7, 11) is 0. The largest absolute Gasteiger partial charge is 0.338 e. The number of benzene rings is 1. The molecule has 2 aliphatic rings. The number of rotatable bonds is 1. The lowest BCUT2D eigenvalue weighted by Crippen LogP contribution is -2.39. The Morgan fingerprint density at radius 3 is 2.53 bits per heavy atom. The lowest BCUT2D eigenvalue weighted by atomic mass is 9.78. The standard InChI is InChI=1S/C16H22N2O/c1-13-2-4-14(5-3-13)15(19)18-11-8-16(12-18)6-9-17-10-7-16/h2-5,17H,6-12H2,1H3. The topological polar surface area (TPSA) is 32.3 Å². The predicted molar refractivity (Wildman–Crippen MR) is 76.2 cm³/mol. The van der Waals surface area contributed by atoms with Crippen LogP contribution in [0.2, 0.25) is 0 Å². The molecule has 1 aromatic carbocycles. The number of carbonyl (C=O) groups excluding carboxylic acids is 1. The Labute approximate surface area is 115 Å². The Bertz CT molecular complexity index is 460. The summed E-state index contributed by atoms with van der Waals surface area (Å²) in [4.78, 5) is 14.5. The number of hydrogen-bond acceptors (Lipinski definition) is 2. The first-order valence-corrected chi connectivity index (χ1v) is 7.25. The van der Waals surface area contributed by atoms with E-state index >= 15 is 0 Å². The van der Waals surface area contributed by atoms with E-state index in [1.807, 2.05) is 31.2 Å². The molecule has 19 heavy (non-hydrogen) atoms. The van der Waals surface area contributed by atoms with Crippen molar-refractivity contribution in [1.82, 2.24) is 10.2 Å². The van der Waals surface area contributed by atoms with E-state index in [-0.39, 0.29) is 5.91 Å². The van der Waals surface area contributed by atoms with Gasteiger partial charge in [0.2, 0.25) is 0 Å². The Kier molecular flexibility index (Phi) is 3.31. The van der Waals surface area contributed by atoms with Gasteiger partial charge in [-0.05, 0) is 56.8 Å². The van der Waals surface area contributed by atoms with Gasteiger partial charge in [0.25, 0.3) is 5.91 Å². The lowest BCUT2D eigenvalue weighted by Gasteiger charge is -2.33. The van der Waals surface area contributed by atoms with Gasteiger partial charge in [-0.1, -0.05) is 17.7 Å². The van der Waals surface area contributed by atoms with Crippen molar-refractivity contribution in [3.63, 3.8) is 0 Å². The van der Waals surface area contributed by atoms with Crippen LogP contribution in [-0.2, 0) is 0 Å². The molecule has 1 spiro atoms. The van der Waals surface area contributed by atoms with Crippen molar-refractivity contribution < 1.29 is 4.79 Å². The van der Waals surface area contributed by atoms with Crippen LogP contribution in [-0.4, -0.2) is 37.0 Å². The third kappa shape index (κ3) is 2.52. The average Bonchev–Trinajstić information content (AvgIpc) is 2.83. The van der Waals surface area contributed by atoms with Crippen LogP contribution < -0.4 is 5.32 Å². The Morgan fingerprint density at radius 2 is 1.84 bits per heavy atom. The Balaban J connectivity index is 1.70. The molecule has 0 saturated carbocycles. The number of likely N-dealkylation sites (tertiary alicyclic amines) is 1. The summed E-state index contributed by atoms with van der Waals surface area (Å²) in [6, 6.07) is 7.93. The second-order valence-corrected chi connectivity index (χ2v) is 6.09. The highest BCUT2D eigenvalue weighted by Gasteiger charge is 2.40. The average molecular weight is 258 g/mol. The molecule has 3 rings (SSSR count). The second-order valence-electron chi connectivity index (χ2n) is 6.09. The van der Waals surface area contributed by atoms with Crippen LogP contribution in [0.15, 0.2) is 24.3 Å². The molecule has 2 heterocycles. The second kappa shape index (κ2) is 4.97. The van der Waals surface area contributed by atoms with E-state index in [0.717, 1.165) is 31.7 Å². The van der Waals surface area contributed by atoms with Gasteiger partial charge in [-0.3, -0.25) is 4.79 Å². The van der Waals surface area contributed by atoms with Crippen molar-refractivity contribution >= 4 is 5.91 Å². The molecule has 0 atom stereocenters. The number of aryl methyl sites for hydroxylation is 1. The molecule has 0 unspecified atom stereocenters. The van der Waals surface area contributed by atoms with E-state index in [1.54, 1.807) is 0 Å². The van der Waals surface area contributed by atoms with E-state index in [0.29, 0.717) is 5.41 Å². The van der Waals surface area contributed by atoms with Crippen LogP contribution in [0.25, 0.3) is 0 Å².